The third kappa shape index (κ3) is 3.98. The summed E-state index contributed by atoms with van der Waals surface area (Å²) in [5, 5.41) is 7.92. The van der Waals surface area contributed by atoms with E-state index in [1.54, 1.807) is 29.8 Å². The number of carbonyl (C=O) groups excluding carboxylic acids is 1. The van der Waals surface area contributed by atoms with Crippen LogP contribution in [0.15, 0.2) is 47.4 Å². The third-order valence-corrected chi connectivity index (χ3v) is 7.87. The molecule has 0 atom stereocenters. The number of aryl methyl sites for hydroxylation is 3. The molecule has 160 valence electrons. The number of hydrogen-bond acceptors (Lipinski definition) is 6. The first-order valence-corrected chi connectivity index (χ1v) is 12.2. The lowest BCUT2D eigenvalue weighted by molar-refractivity contribution is 0.102. The first kappa shape index (κ1) is 21.2. The number of anilines is 1. The first-order valence-electron chi connectivity index (χ1n) is 9.77. The van der Waals surface area contributed by atoms with Crippen molar-refractivity contribution in [2.45, 2.75) is 32.6 Å². The Hall–Kier alpha value is -3.04. The zero-order valence-electron chi connectivity index (χ0n) is 17.6. The molecule has 4 rings (SSSR count). The van der Waals surface area contributed by atoms with Crippen molar-refractivity contribution in [2.75, 3.05) is 11.1 Å². The second-order valence-corrected chi connectivity index (χ2v) is 10.6. The summed E-state index contributed by atoms with van der Waals surface area (Å²) in [6.07, 6.45) is 0. The Kier molecular flexibility index (Phi) is 5.40. The molecule has 0 aliphatic rings. The van der Waals surface area contributed by atoms with E-state index in [-0.39, 0.29) is 16.2 Å². The van der Waals surface area contributed by atoms with Gasteiger partial charge in [0, 0.05) is 6.07 Å². The first-order chi connectivity index (χ1) is 14.7. The van der Waals surface area contributed by atoms with Gasteiger partial charge in [-0.25, -0.2) is 13.4 Å². The maximum Gasteiger partial charge on any atom is 0.258 e. The van der Waals surface area contributed by atoms with Crippen molar-refractivity contribution in [3.05, 3.63) is 64.8 Å². The van der Waals surface area contributed by atoms with Crippen molar-refractivity contribution in [1.82, 2.24) is 14.8 Å². The number of sulfone groups is 1. The van der Waals surface area contributed by atoms with Gasteiger partial charge in [0.05, 0.1) is 32.1 Å². The van der Waals surface area contributed by atoms with Crippen LogP contribution in [0.25, 0.3) is 15.3 Å². The molecule has 0 bridgehead atoms. The van der Waals surface area contributed by atoms with Crippen molar-refractivity contribution in [3.63, 3.8) is 0 Å². The lowest BCUT2D eigenvalue weighted by Gasteiger charge is -2.10. The molecule has 1 amide bonds. The van der Waals surface area contributed by atoms with Crippen LogP contribution in [-0.2, 0) is 9.84 Å². The van der Waals surface area contributed by atoms with E-state index < -0.39 is 15.7 Å². The molecule has 4 aromatic rings. The molecule has 0 saturated carbocycles. The van der Waals surface area contributed by atoms with Crippen molar-refractivity contribution in [3.8, 4) is 5.13 Å². The Balaban J connectivity index is 1.74. The van der Waals surface area contributed by atoms with Crippen LogP contribution in [0.3, 0.4) is 0 Å². The van der Waals surface area contributed by atoms with E-state index in [1.807, 2.05) is 19.9 Å². The summed E-state index contributed by atoms with van der Waals surface area (Å²) in [6.45, 7) is 7.47. The Morgan fingerprint density at radius 1 is 1.10 bits per heavy atom. The number of benzene rings is 2. The van der Waals surface area contributed by atoms with E-state index in [9.17, 15) is 13.2 Å². The quantitative estimate of drug-likeness (QED) is 0.481. The maximum atomic E-state index is 13.0. The van der Waals surface area contributed by atoms with Crippen molar-refractivity contribution in [1.29, 1.82) is 0 Å². The van der Waals surface area contributed by atoms with Gasteiger partial charge in [0.2, 0.25) is 5.13 Å². The van der Waals surface area contributed by atoms with Gasteiger partial charge in [0.15, 0.2) is 9.84 Å². The summed E-state index contributed by atoms with van der Waals surface area (Å²) >= 11 is 1.48. The Labute approximate surface area is 184 Å². The van der Waals surface area contributed by atoms with Crippen LogP contribution in [0.5, 0.6) is 0 Å². The monoisotopic (exact) mass is 454 g/mol. The molecule has 2 aromatic heterocycles. The Morgan fingerprint density at radius 2 is 1.81 bits per heavy atom. The number of nitrogens with one attached hydrogen (secondary N) is 1. The fourth-order valence-electron chi connectivity index (χ4n) is 3.26. The standard InChI is InChI=1S/C22H22N4O3S2/c1-5-31(28,29)19-9-7-6-8-16(19)21(27)24-20-12-15(4)25-26(20)22-23-17-10-13(2)14(3)11-18(17)30-22/h6-12H,5H2,1-4H3,(H,24,27). The Bertz CT molecular complexity index is 1380. The highest BCUT2D eigenvalue weighted by atomic mass is 32.2. The molecule has 9 heteroatoms. The normalized spacial score (nSPS) is 11.7. The third-order valence-electron chi connectivity index (χ3n) is 5.09. The molecule has 0 unspecified atom stereocenters. The van der Waals surface area contributed by atoms with Gasteiger partial charge < -0.3 is 5.32 Å². The van der Waals surface area contributed by atoms with Crippen LogP contribution in [-0.4, -0.2) is 34.8 Å². The molecule has 1 N–H and O–H groups in total. The maximum absolute atomic E-state index is 13.0. The fourth-order valence-corrected chi connectivity index (χ4v) is 5.36. The smallest absolute Gasteiger partial charge is 0.258 e. The van der Waals surface area contributed by atoms with Crippen molar-refractivity contribution >= 4 is 43.1 Å². The average Bonchev–Trinajstić information content (AvgIpc) is 3.30. The number of aromatic nitrogens is 3. The van der Waals surface area contributed by atoms with Crippen LogP contribution in [0, 0.1) is 20.8 Å². The molecule has 0 fully saturated rings. The van der Waals surface area contributed by atoms with E-state index in [0.29, 0.717) is 16.6 Å². The van der Waals surface area contributed by atoms with E-state index >= 15 is 0 Å². The van der Waals surface area contributed by atoms with Gasteiger partial charge in [-0.15, -0.1) is 0 Å². The predicted octanol–water partition coefficient (Wildman–Crippen LogP) is 4.45. The molecule has 0 aliphatic carbocycles. The van der Waals surface area contributed by atoms with Gasteiger partial charge in [0.25, 0.3) is 5.91 Å². The summed E-state index contributed by atoms with van der Waals surface area (Å²) in [5.41, 5.74) is 4.01. The number of nitrogens with zero attached hydrogens (tertiary/aromatic N) is 3. The highest BCUT2D eigenvalue weighted by Gasteiger charge is 2.22. The second-order valence-electron chi connectivity index (χ2n) is 7.34. The second kappa shape index (κ2) is 7.90. The zero-order valence-corrected chi connectivity index (χ0v) is 19.3. The van der Waals surface area contributed by atoms with E-state index in [2.05, 4.69) is 28.4 Å². The van der Waals surface area contributed by atoms with Crippen molar-refractivity contribution in [2.24, 2.45) is 0 Å². The molecule has 0 aliphatic heterocycles. The molecule has 2 aromatic carbocycles. The van der Waals surface area contributed by atoms with Crippen LogP contribution in [0.1, 0.15) is 34.1 Å². The lowest BCUT2D eigenvalue weighted by Crippen LogP contribution is -2.19. The van der Waals surface area contributed by atoms with Crippen LogP contribution in [0.4, 0.5) is 5.82 Å². The molecule has 2 heterocycles. The van der Waals surface area contributed by atoms with E-state index in [4.69, 9.17) is 0 Å². The summed E-state index contributed by atoms with van der Waals surface area (Å²) in [7, 11) is -3.54. The topological polar surface area (TPSA) is 94.0 Å². The lowest BCUT2D eigenvalue weighted by atomic mass is 10.1. The number of hydrogen-bond donors (Lipinski definition) is 1. The van der Waals surface area contributed by atoms with Crippen LogP contribution < -0.4 is 5.32 Å². The summed E-state index contributed by atoms with van der Waals surface area (Å²) in [6, 6.07) is 12.1. The number of amides is 1. The Morgan fingerprint density at radius 3 is 2.55 bits per heavy atom. The molecular formula is C22H22N4O3S2. The van der Waals surface area contributed by atoms with E-state index in [0.717, 1.165) is 15.8 Å². The number of thiazole rings is 1. The average molecular weight is 455 g/mol. The minimum Gasteiger partial charge on any atom is -0.306 e. The minimum atomic E-state index is -3.54. The highest BCUT2D eigenvalue weighted by Crippen LogP contribution is 2.29. The number of rotatable bonds is 5. The number of carbonyl (C=O) groups is 1. The van der Waals surface area contributed by atoms with Gasteiger partial charge in [-0.2, -0.15) is 9.78 Å². The minimum absolute atomic E-state index is 0.0173. The largest absolute Gasteiger partial charge is 0.306 e. The fraction of sp³-hybridized carbons (Fsp3) is 0.227. The SMILES string of the molecule is CCS(=O)(=O)c1ccccc1C(=O)Nc1cc(C)nn1-c1nc2cc(C)c(C)cc2s1. The van der Waals surface area contributed by atoms with Gasteiger partial charge in [0.1, 0.15) is 5.82 Å². The predicted molar refractivity (Wildman–Crippen MR) is 123 cm³/mol. The molecule has 0 saturated heterocycles. The molecule has 0 radical (unpaired) electrons. The van der Waals surface area contributed by atoms with Gasteiger partial charge in [-0.3, -0.25) is 4.79 Å². The van der Waals surface area contributed by atoms with Gasteiger partial charge >= 0.3 is 0 Å². The summed E-state index contributed by atoms with van der Waals surface area (Å²) < 4.78 is 27.5. The molecule has 0 spiro atoms. The highest BCUT2D eigenvalue weighted by molar-refractivity contribution is 7.91. The van der Waals surface area contributed by atoms with E-state index in [1.165, 1.54) is 29.0 Å². The van der Waals surface area contributed by atoms with Crippen LogP contribution in [0.2, 0.25) is 0 Å². The molecular weight excluding hydrogens is 432 g/mol. The summed E-state index contributed by atoms with van der Waals surface area (Å²) in [4.78, 5) is 17.7. The number of fused-ring (bicyclic) bond motifs is 1. The summed E-state index contributed by atoms with van der Waals surface area (Å²) in [5.74, 6) is -0.168. The molecule has 31 heavy (non-hydrogen) atoms. The zero-order chi connectivity index (χ0) is 22.3. The van der Waals surface area contributed by atoms with Crippen LogP contribution >= 0.6 is 11.3 Å². The molecule has 7 nitrogen and oxygen atoms in total. The van der Waals surface area contributed by atoms with Gasteiger partial charge in [-0.1, -0.05) is 30.4 Å². The van der Waals surface area contributed by atoms with Gasteiger partial charge in [-0.05, 0) is 56.2 Å². The van der Waals surface area contributed by atoms with Crippen molar-refractivity contribution < 1.29 is 13.2 Å².